The van der Waals surface area contributed by atoms with Gasteiger partial charge in [0.2, 0.25) is 0 Å². The summed E-state index contributed by atoms with van der Waals surface area (Å²) in [5.41, 5.74) is 2.61. The first-order chi connectivity index (χ1) is 12.6. The van der Waals surface area contributed by atoms with Crippen molar-refractivity contribution in [2.24, 2.45) is 0 Å². The van der Waals surface area contributed by atoms with E-state index in [1.54, 1.807) is 38.3 Å². The third-order valence-electron chi connectivity index (χ3n) is 4.12. The molecule has 0 fully saturated rings. The van der Waals surface area contributed by atoms with Gasteiger partial charge in [-0.05, 0) is 58.9 Å². The largest absolute Gasteiger partial charge is 0.495 e. The van der Waals surface area contributed by atoms with Gasteiger partial charge in [0.15, 0.2) is 6.10 Å². The summed E-state index contributed by atoms with van der Waals surface area (Å²) in [6.07, 6.45) is -0.885. The van der Waals surface area contributed by atoms with Crippen molar-refractivity contribution in [3.05, 3.63) is 46.2 Å². The highest BCUT2D eigenvalue weighted by Crippen LogP contribution is 2.31. The molecule has 27 heavy (non-hydrogen) atoms. The van der Waals surface area contributed by atoms with Crippen LogP contribution >= 0.6 is 11.6 Å². The Morgan fingerprint density at radius 1 is 1.15 bits per heavy atom. The zero-order valence-corrected chi connectivity index (χ0v) is 17.2. The highest BCUT2D eigenvalue weighted by molar-refractivity contribution is 6.30. The van der Waals surface area contributed by atoms with Crippen LogP contribution in [-0.2, 0) is 9.53 Å². The van der Waals surface area contributed by atoms with Gasteiger partial charge >= 0.3 is 5.97 Å². The van der Waals surface area contributed by atoms with Crippen LogP contribution in [-0.4, -0.2) is 35.7 Å². The molecule has 1 amide bonds. The predicted octanol–water partition coefficient (Wildman–Crippen LogP) is 3.83. The van der Waals surface area contributed by atoms with Crippen molar-refractivity contribution in [1.29, 1.82) is 0 Å². The van der Waals surface area contributed by atoms with Gasteiger partial charge < -0.3 is 19.4 Å². The molecule has 0 radical (unpaired) electrons. The number of aromatic nitrogens is 1. The Bertz CT molecular complexity index is 858. The van der Waals surface area contributed by atoms with E-state index >= 15 is 0 Å². The lowest BCUT2D eigenvalue weighted by Crippen LogP contribution is -2.39. The number of carbonyl (C=O) groups excluding carboxylic acids is 2. The smallest absolute Gasteiger partial charge is 0.340 e. The second-order valence-corrected chi connectivity index (χ2v) is 7.08. The quantitative estimate of drug-likeness (QED) is 0.758. The summed E-state index contributed by atoms with van der Waals surface area (Å²) in [6.45, 7) is 8.92. The van der Waals surface area contributed by atoms with Crippen molar-refractivity contribution >= 4 is 23.5 Å². The number of rotatable bonds is 6. The molecular weight excluding hydrogens is 368 g/mol. The molecule has 0 bridgehead atoms. The zero-order valence-electron chi connectivity index (χ0n) is 16.4. The Kier molecular flexibility index (Phi) is 6.54. The van der Waals surface area contributed by atoms with Crippen molar-refractivity contribution in [3.8, 4) is 11.4 Å². The van der Waals surface area contributed by atoms with E-state index < -0.39 is 12.1 Å². The first-order valence-electron chi connectivity index (χ1n) is 8.70. The summed E-state index contributed by atoms with van der Waals surface area (Å²) in [5, 5.41) is 3.28. The van der Waals surface area contributed by atoms with Crippen LogP contribution in [0.3, 0.4) is 0 Å². The molecule has 1 atom stereocenters. The fraction of sp³-hybridized carbons (Fsp3) is 0.400. The second-order valence-electron chi connectivity index (χ2n) is 6.65. The maximum atomic E-state index is 12.6. The van der Waals surface area contributed by atoms with Gasteiger partial charge in [-0.3, -0.25) is 4.79 Å². The van der Waals surface area contributed by atoms with Crippen LogP contribution < -0.4 is 10.1 Å². The van der Waals surface area contributed by atoms with Crippen molar-refractivity contribution in [2.75, 3.05) is 7.11 Å². The van der Waals surface area contributed by atoms with E-state index in [2.05, 4.69) is 5.32 Å². The maximum Gasteiger partial charge on any atom is 0.340 e. The summed E-state index contributed by atoms with van der Waals surface area (Å²) < 4.78 is 12.6. The Balaban J connectivity index is 2.34. The molecule has 7 heteroatoms. The first kappa shape index (κ1) is 20.8. The van der Waals surface area contributed by atoms with Crippen molar-refractivity contribution in [1.82, 2.24) is 9.88 Å². The number of nitrogens with zero attached hydrogens (tertiary/aromatic N) is 1. The number of halogens is 1. The van der Waals surface area contributed by atoms with Crippen LogP contribution in [0.5, 0.6) is 5.75 Å². The number of benzene rings is 1. The number of aryl methyl sites for hydroxylation is 1. The number of ether oxygens (including phenoxy) is 2. The normalized spacial score (nSPS) is 12.0. The fourth-order valence-electron chi connectivity index (χ4n) is 2.86. The van der Waals surface area contributed by atoms with Crippen LogP contribution in [0.1, 0.15) is 42.5 Å². The topological polar surface area (TPSA) is 69.6 Å². The van der Waals surface area contributed by atoms with Gasteiger partial charge in [-0.15, -0.1) is 0 Å². The lowest BCUT2D eigenvalue weighted by molar-refractivity contribution is -0.129. The van der Waals surface area contributed by atoms with Crippen molar-refractivity contribution in [2.45, 2.75) is 46.8 Å². The zero-order chi connectivity index (χ0) is 20.3. The van der Waals surface area contributed by atoms with E-state index in [0.717, 1.165) is 11.4 Å². The minimum absolute atomic E-state index is 0.0287. The molecule has 0 spiro atoms. The van der Waals surface area contributed by atoms with Gasteiger partial charge in [-0.1, -0.05) is 11.6 Å². The number of carbonyl (C=O) groups is 2. The van der Waals surface area contributed by atoms with Crippen molar-refractivity contribution < 1.29 is 19.1 Å². The molecular formula is C20H25ClN2O4. The van der Waals surface area contributed by atoms with E-state index in [1.807, 2.05) is 32.3 Å². The summed E-state index contributed by atoms with van der Waals surface area (Å²) >= 11 is 6.14. The molecule has 146 valence electrons. The van der Waals surface area contributed by atoms with E-state index in [1.165, 1.54) is 0 Å². The number of methoxy groups -OCH3 is 1. The maximum absolute atomic E-state index is 12.6. The van der Waals surface area contributed by atoms with Gasteiger partial charge in [0.05, 0.1) is 18.4 Å². The van der Waals surface area contributed by atoms with Crippen LogP contribution in [0.15, 0.2) is 24.3 Å². The standard InChI is InChI=1S/C20H25ClN2O4/c1-11(2)22-19(24)14(5)27-20(25)16-9-12(3)23(13(16)4)17-10-15(21)7-8-18(17)26-6/h7-11,14H,1-6H3,(H,22,24)/t14-/m0/s1. The average Bonchev–Trinajstić information content (AvgIpc) is 2.88. The summed E-state index contributed by atoms with van der Waals surface area (Å²) in [4.78, 5) is 24.6. The van der Waals surface area contributed by atoms with E-state index in [9.17, 15) is 9.59 Å². The Labute approximate surface area is 164 Å². The van der Waals surface area contributed by atoms with Gasteiger partial charge in [0.25, 0.3) is 5.91 Å². The van der Waals surface area contributed by atoms with Gasteiger partial charge in [-0.2, -0.15) is 0 Å². The van der Waals surface area contributed by atoms with E-state index in [4.69, 9.17) is 21.1 Å². The number of hydrogen-bond donors (Lipinski definition) is 1. The molecule has 0 aliphatic heterocycles. The van der Waals surface area contributed by atoms with Crippen molar-refractivity contribution in [3.63, 3.8) is 0 Å². The van der Waals surface area contributed by atoms with Crippen LogP contribution in [0, 0.1) is 13.8 Å². The van der Waals surface area contributed by atoms with Gasteiger partial charge in [0.1, 0.15) is 5.75 Å². The molecule has 0 saturated carbocycles. The highest BCUT2D eigenvalue weighted by Gasteiger charge is 2.24. The summed E-state index contributed by atoms with van der Waals surface area (Å²) in [5.74, 6) is -0.254. The number of amides is 1. The third-order valence-corrected chi connectivity index (χ3v) is 4.35. The fourth-order valence-corrected chi connectivity index (χ4v) is 3.02. The molecule has 0 aliphatic carbocycles. The second kappa shape index (κ2) is 8.48. The predicted molar refractivity (Wildman–Crippen MR) is 105 cm³/mol. The highest BCUT2D eigenvalue weighted by atomic mass is 35.5. The van der Waals surface area contributed by atoms with Gasteiger partial charge in [-0.25, -0.2) is 4.79 Å². The molecule has 0 saturated heterocycles. The molecule has 0 unspecified atom stereocenters. The lowest BCUT2D eigenvalue weighted by atomic mass is 10.2. The number of hydrogen-bond acceptors (Lipinski definition) is 4. The Morgan fingerprint density at radius 2 is 1.81 bits per heavy atom. The summed E-state index contributed by atoms with van der Waals surface area (Å²) in [7, 11) is 1.57. The SMILES string of the molecule is COc1ccc(Cl)cc1-n1c(C)cc(C(=O)O[C@@H](C)C(=O)NC(C)C)c1C. The Morgan fingerprint density at radius 3 is 2.41 bits per heavy atom. The minimum Gasteiger partial charge on any atom is -0.495 e. The molecule has 2 aromatic rings. The minimum atomic E-state index is -0.885. The molecule has 6 nitrogen and oxygen atoms in total. The third kappa shape index (κ3) is 4.63. The van der Waals surface area contributed by atoms with E-state index in [-0.39, 0.29) is 11.9 Å². The number of nitrogens with one attached hydrogen (secondary N) is 1. The van der Waals surface area contributed by atoms with Gasteiger partial charge in [0, 0.05) is 22.5 Å². The van der Waals surface area contributed by atoms with E-state index in [0.29, 0.717) is 22.0 Å². The lowest BCUT2D eigenvalue weighted by Gasteiger charge is -2.16. The monoisotopic (exact) mass is 392 g/mol. The molecule has 0 aliphatic rings. The first-order valence-corrected chi connectivity index (χ1v) is 9.07. The average molecular weight is 393 g/mol. The van der Waals surface area contributed by atoms with Crippen LogP contribution in [0.4, 0.5) is 0 Å². The van der Waals surface area contributed by atoms with Crippen LogP contribution in [0.25, 0.3) is 5.69 Å². The number of esters is 1. The molecule has 2 rings (SSSR count). The molecule has 1 heterocycles. The Hall–Kier alpha value is -2.47. The molecule has 1 N–H and O–H groups in total. The molecule has 1 aromatic heterocycles. The summed E-state index contributed by atoms with van der Waals surface area (Å²) in [6, 6.07) is 6.98. The molecule has 1 aromatic carbocycles. The van der Waals surface area contributed by atoms with Crippen LogP contribution in [0.2, 0.25) is 5.02 Å².